The van der Waals surface area contributed by atoms with Gasteiger partial charge in [-0.3, -0.25) is 9.69 Å². The van der Waals surface area contributed by atoms with E-state index in [-0.39, 0.29) is 11.9 Å². The third-order valence-electron chi connectivity index (χ3n) is 5.82. The first-order chi connectivity index (χ1) is 12.8. The zero-order chi connectivity index (χ0) is 19.6. The quantitative estimate of drug-likeness (QED) is 0.771. The highest BCUT2D eigenvalue weighted by molar-refractivity contribution is 7.89. The third-order valence-corrected chi connectivity index (χ3v) is 7.74. The normalized spacial score (nSPS) is 21.6. The SMILES string of the molecule is CC[C@H](C)c1ccc(S(=O)(=O)N2CCN([C@@H](C)C(=O)NC3CC3)CC2)cc1. The molecular weight excluding hydrogens is 362 g/mol. The number of amides is 1. The number of rotatable bonds is 7. The van der Waals surface area contributed by atoms with Crippen molar-refractivity contribution < 1.29 is 13.2 Å². The van der Waals surface area contributed by atoms with Gasteiger partial charge in [0.15, 0.2) is 0 Å². The van der Waals surface area contributed by atoms with E-state index in [0.29, 0.717) is 43.0 Å². The van der Waals surface area contributed by atoms with Crippen molar-refractivity contribution in [1.29, 1.82) is 0 Å². The molecule has 2 aliphatic rings. The van der Waals surface area contributed by atoms with Gasteiger partial charge in [0.1, 0.15) is 0 Å². The molecule has 3 rings (SSSR count). The van der Waals surface area contributed by atoms with Crippen molar-refractivity contribution in [3.05, 3.63) is 29.8 Å². The Balaban J connectivity index is 1.59. The van der Waals surface area contributed by atoms with E-state index in [1.807, 2.05) is 19.1 Å². The van der Waals surface area contributed by atoms with Crippen molar-refractivity contribution in [3.63, 3.8) is 0 Å². The number of nitrogens with one attached hydrogen (secondary N) is 1. The maximum Gasteiger partial charge on any atom is 0.243 e. The molecule has 6 nitrogen and oxygen atoms in total. The van der Waals surface area contributed by atoms with Crippen LogP contribution in [-0.4, -0.2) is 61.8 Å². The van der Waals surface area contributed by atoms with Crippen LogP contribution in [0.1, 0.15) is 51.5 Å². The molecule has 1 aromatic rings. The van der Waals surface area contributed by atoms with Gasteiger partial charge in [0, 0.05) is 32.2 Å². The summed E-state index contributed by atoms with van der Waals surface area (Å²) in [6.07, 6.45) is 3.17. The first-order valence-electron chi connectivity index (χ1n) is 9.97. The maximum absolute atomic E-state index is 12.9. The van der Waals surface area contributed by atoms with E-state index in [4.69, 9.17) is 0 Å². The Morgan fingerprint density at radius 1 is 1.11 bits per heavy atom. The zero-order valence-corrected chi connectivity index (χ0v) is 17.3. The van der Waals surface area contributed by atoms with Crippen molar-refractivity contribution in [3.8, 4) is 0 Å². The van der Waals surface area contributed by atoms with Crippen LogP contribution in [-0.2, 0) is 14.8 Å². The standard InChI is InChI=1S/C20H31N3O3S/c1-4-15(2)17-5-9-19(10-6-17)27(25,26)23-13-11-22(12-14-23)16(3)20(24)21-18-7-8-18/h5-6,9-10,15-16,18H,4,7-8,11-14H2,1-3H3,(H,21,24)/t15-,16-/m0/s1. The summed E-state index contributed by atoms with van der Waals surface area (Å²) < 4.78 is 27.4. The lowest BCUT2D eigenvalue weighted by molar-refractivity contribution is -0.126. The summed E-state index contributed by atoms with van der Waals surface area (Å²) in [6, 6.07) is 7.40. The predicted octanol–water partition coefficient (Wildman–Crippen LogP) is 2.17. The monoisotopic (exact) mass is 393 g/mol. The molecule has 0 spiro atoms. The summed E-state index contributed by atoms with van der Waals surface area (Å²) in [6.45, 7) is 8.14. The van der Waals surface area contributed by atoms with Gasteiger partial charge in [0.2, 0.25) is 15.9 Å². The summed E-state index contributed by atoms with van der Waals surface area (Å²) >= 11 is 0. The number of carbonyl (C=O) groups is 1. The average Bonchev–Trinajstić information content (AvgIpc) is 3.51. The smallest absolute Gasteiger partial charge is 0.243 e. The second-order valence-electron chi connectivity index (χ2n) is 7.78. The van der Waals surface area contributed by atoms with Gasteiger partial charge >= 0.3 is 0 Å². The van der Waals surface area contributed by atoms with Crippen molar-refractivity contribution in [2.75, 3.05) is 26.2 Å². The van der Waals surface area contributed by atoms with Gasteiger partial charge in [0.05, 0.1) is 10.9 Å². The van der Waals surface area contributed by atoms with Crippen LogP contribution >= 0.6 is 0 Å². The van der Waals surface area contributed by atoms with Crippen LogP contribution < -0.4 is 5.32 Å². The van der Waals surface area contributed by atoms with E-state index in [2.05, 4.69) is 24.1 Å². The summed E-state index contributed by atoms with van der Waals surface area (Å²) in [5.41, 5.74) is 1.16. The summed E-state index contributed by atoms with van der Waals surface area (Å²) in [5, 5.41) is 3.02. The summed E-state index contributed by atoms with van der Waals surface area (Å²) in [5.74, 6) is 0.475. The first-order valence-corrected chi connectivity index (χ1v) is 11.4. The Morgan fingerprint density at radius 3 is 2.22 bits per heavy atom. The molecule has 1 aliphatic carbocycles. The topological polar surface area (TPSA) is 69.7 Å². The third kappa shape index (κ3) is 4.70. The van der Waals surface area contributed by atoms with E-state index in [1.54, 1.807) is 12.1 Å². The average molecular weight is 394 g/mol. The Labute approximate surface area is 163 Å². The number of hydrogen-bond donors (Lipinski definition) is 1. The van der Waals surface area contributed by atoms with Crippen molar-refractivity contribution in [2.24, 2.45) is 0 Å². The highest BCUT2D eigenvalue weighted by Gasteiger charge is 2.33. The minimum absolute atomic E-state index is 0.0504. The second kappa shape index (κ2) is 8.29. The van der Waals surface area contributed by atoms with E-state index < -0.39 is 10.0 Å². The molecule has 2 fully saturated rings. The molecule has 7 heteroatoms. The molecule has 0 radical (unpaired) electrons. The van der Waals surface area contributed by atoms with Crippen LogP contribution in [0.5, 0.6) is 0 Å². The van der Waals surface area contributed by atoms with Gasteiger partial charge in [-0.2, -0.15) is 4.31 Å². The molecule has 1 heterocycles. The highest BCUT2D eigenvalue weighted by atomic mass is 32.2. The maximum atomic E-state index is 12.9. The lowest BCUT2D eigenvalue weighted by atomic mass is 9.99. The zero-order valence-electron chi connectivity index (χ0n) is 16.5. The molecule has 2 atom stereocenters. The van der Waals surface area contributed by atoms with Crippen molar-refractivity contribution in [2.45, 2.75) is 62.9 Å². The molecule has 0 aromatic heterocycles. The van der Waals surface area contributed by atoms with E-state index >= 15 is 0 Å². The Kier molecular flexibility index (Phi) is 6.23. The number of benzene rings is 1. The van der Waals surface area contributed by atoms with Gasteiger partial charge in [-0.05, 0) is 49.8 Å². The Morgan fingerprint density at radius 2 is 1.70 bits per heavy atom. The number of nitrogens with zero attached hydrogens (tertiary/aromatic N) is 2. The largest absolute Gasteiger partial charge is 0.352 e. The number of hydrogen-bond acceptors (Lipinski definition) is 4. The van der Waals surface area contributed by atoms with Crippen molar-refractivity contribution in [1.82, 2.24) is 14.5 Å². The number of piperazine rings is 1. The molecule has 1 N–H and O–H groups in total. The summed E-state index contributed by atoms with van der Waals surface area (Å²) in [4.78, 5) is 14.6. The predicted molar refractivity (Wildman–Crippen MR) is 106 cm³/mol. The molecule has 150 valence electrons. The van der Waals surface area contributed by atoms with E-state index in [9.17, 15) is 13.2 Å². The van der Waals surface area contributed by atoms with Crippen LogP contribution in [0.25, 0.3) is 0 Å². The molecule has 1 saturated heterocycles. The minimum Gasteiger partial charge on any atom is -0.352 e. The van der Waals surface area contributed by atoms with Crippen LogP contribution in [0.3, 0.4) is 0 Å². The molecule has 1 aromatic carbocycles. The molecular formula is C20H31N3O3S. The number of carbonyl (C=O) groups excluding carboxylic acids is 1. The van der Waals surface area contributed by atoms with Crippen LogP contribution in [0, 0.1) is 0 Å². The van der Waals surface area contributed by atoms with Gasteiger partial charge in [-0.15, -0.1) is 0 Å². The van der Waals surface area contributed by atoms with Gasteiger partial charge in [-0.1, -0.05) is 26.0 Å². The number of sulfonamides is 1. The molecule has 27 heavy (non-hydrogen) atoms. The van der Waals surface area contributed by atoms with Gasteiger partial charge in [0.25, 0.3) is 0 Å². The molecule has 1 aliphatic heterocycles. The molecule has 1 saturated carbocycles. The fourth-order valence-electron chi connectivity index (χ4n) is 3.40. The highest BCUT2D eigenvalue weighted by Crippen LogP contribution is 2.23. The minimum atomic E-state index is -3.48. The Hall–Kier alpha value is -1.44. The lowest BCUT2D eigenvalue weighted by Crippen LogP contribution is -2.55. The fraction of sp³-hybridized carbons (Fsp3) is 0.650. The Bertz CT molecular complexity index is 751. The van der Waals surface area contributed by atoms with Crippen LogP contribution in [0.15, 0.2) is 29.2 Å². The van der Waals surface area contributed by atoms with Gasteiger partial charge in [-0.25, -0.2) is 8.42 Å². The lowest BCUT2D eigenvalue weighted by Gasteiger charge is -2.36. The van der Waals surface area contributed by atoms with Crippen molar-refractivity contribution >= 4 is 15.9 Å². The first kappa shape index (κ1) is 20.3. The second-order valence-corrected chi connectivity index (χ2v) is 9.72. The van der Waals surface area contributed by atoms with Crippen LogP contribution in [0.2, 0.25) is 0 Å². The van der Waals surface area contributed by atoms with Gasteiger partial charge < -0.3 is 5.32 Å². The molecule has 0 bridgehead atoms. The molecule has 0 unspecified atom stereocenters. The van der Waals surface area contributed by atoms with Crippen LogP contribution in [0.4, 0.5) is 0 Å². The summed E-state index contributed by atoms with van der Waals surface area (Å²) in [7, 11) is -3.48. The fourth-order valence-corrected chi connectivity index (χ4v) is 4.82. The molecule has 1 amide bonds. The van der Waals surface area contributed by atoms with E-state index in [1.165, 1.54) is 4.31 Å². The van der Waals surface area contributed by atoms with E-state index in [0.717, 1.165) is 24.8 Å².